The molecule has 6 heteroatoms. The summed E-state index contributed by atoms with van der Waals surface area (Å²) in [6, 6.07) is 2.93. The van der Waals surface area contributed by atoms with Crippen LogP contribution in [0.25, 0.3) is 0 Å². The van der Waals surface area contributed by atoms with Gasteiger partial charge in [-0.25, -0.2) is 4.98 Å². The number of amides is 1. The van der Waals surface area contributed by atoms with Crippen molar-refractivity contribution in [2.45, 2.75) is 6.10 Å². The van der Waals surface area contributed by atoms with E-state index in [1.165, 1.54) is 18.3 Å². The van der Waals surface area contributed by atoms with Crippen molar-refractivity contribution < 1.29 is 15.0 Å². The van der Waals surface area contributed by atoms with Crippen LogP contribution in [-0.2, 0) is 0 Å². The summed E-state index contributed by atoms with van der Waals surface area (Å²) in [5, 5.41) is 20.2. The van der Waals surface area contributed by atoms with Crippen LogP contribution in [-0.4, -0.2) is 40.4 Å². The van der Waals surface area contributed by atoms with Gasteiger partial charge in [0.15, 0.2) is 0 Å². The SMILES string of the molecule is O=C(NCC(O)CO)c1ccnc(Cl)c1. The summed E-state index contributed by atoms with van der Waals surface area (Å²) in [6.07, 6.45) is 0.464. The molecule has 0 aliphatic carbocycles. The number of aliphatic hydroxyl groups excluding tert-OH is 2. The van der Waals surface area contributed by atoms with Gasteiger partial charge in [0.25, 0.3) is 5.91 Å². The lowest BCUT2D eigenvalue weighted by molar-refractivity contribution is 0.0802. The molecular formula is C9H11ClN2O3. The Morgan fingerprint density at radius 3 is 3.00 bits per heavy atom. The molecule has 0 saturated carbocycles. The Bertz CT molecular complexity index is 346. The van der Waals surface area contributed by atoms with Gasteiger partial charge in [-0.3, -0.25) is 4.79 Å². The zero-order chi connectivity index (χ0) is 11.3. The predicted octanol–water partition coefficient (Wildman–Crippen LogP) is -0.182. The van der Waals surface area contributed by atoms with Gasteiger partial charge in [0.1, 0.15) is 5.15 Å². The van der Waals surface area contributed by atoms with Gasteiger partial charge in [0, 0.05) is 18.3 Å². The summed E-state index contributed by atoms with van der Waals surface area (Å²) in [5.74, 6) is -0.369. The van der Waals surface area contributed by atoms with E-state index in [0.29, 0.717) is 5.56 Å². The fourth-order valence-corrected chi connectivity index (χ4v) is 1.09. The van der Waals surface area contributed by atoms with Crippen molar-refractivity contribution >= 4 is 17.5 Å². The molecule has 1 heterocycles. The molecule has 5 nitrogen and oxygen atoms in total. The van der Waals surface area contributed by atoms with Crippen molar-refractivity contribution in [1.82, 2.24) is 10.3 Å². The molecule has 15 heavy (non-hydrogen) atoms. The molecule has 1 rings (SSSR count). The van der Waals surface area contributed by atoms with Gasteiger partial charge >= 0.3 is 0 Å². The van der Waals surface area contributed by atoms with Crippen LogP contribution in [0.1, 0.15) is 10.4 Å². The maximum atomic E-state index is 11.4. The first-order chi connectivity index (χ1) is 7.13. The second-order valence-electron chi connectivity index (χ2n) is 2.91. The van der Waals surface area contributed by atoms with Crippen LogP contribution >= 0.6 is 11.6 Å². The van der Waals surface area contributed by atoms with Crippen LogP contribution in [0, 0.1) is 0 Å². The molecule has 1 aromatic heterocycles. The van der Waals surface area contributed by atoms with E-state index in [4.69, 9.17) is 21.8 Å². The maximum absolute atomic E-state index is 11.4. The molecule has 1 unspecified atom stereocenters. The lowest BCUT2D eigenvalue weighted by atomic mass is 10.2. The number of aromatic nitrogens is 1. The van der Waals surface area contributed by atoms with Crippen molar-refractivity contribution in [2.24, 2.45) is 0 Å². The van der Waals surface area contributed by atoms with Crippen molar-refractivity contribution in [1.29, 1.82) is 0 Å². The number of rotatable bonds is 4. The number of aliphatic hydroxyl groups is 2. The minimum atomic E-state index is -0.953. The molecule has 0 aromatic carbocycles. The molecule has 0 aliphatic heterocycles. The number of nitrogens with one attached hydrogen (secondary N) is 1. The Hall–Kier alpha value is -1.17. The molecule has 3 N–H and O–H groups in total. The molecule has 1 aromatic rings. The minimum Gasteiger partial charge on any atom is -0.394 e. The molecule has 82 valence electrons. The molecule has 1 atom stereocenters. The monoisotopic (exact) mass is 230 g/mol. The fraction of sp³-hybridized carbons (Fsp3) is 0.333. The molecule has 0 bridgehead atoms. The number of nitrogens with zero attached hydrogens (tertiary/aromatic N) is 1. The highest BCUT2D eigenvalue weighted by Crippen LogP contribution is 2.06. The van der Waals surface area contributed by atoms with Gasteiger partial charge in [-0.1, -0.05) is 11.6 Å². The topological polar surface area (TPSA) is 82.5 Å². The zero-order valence-corrected chi connectivity index (χ0v) is 8.61. The van der Waals surface area contributed by atoms with E-state index >= 15 is 0 Å². The van der Waals surface area contributed by atoms with Crippen LogP contribution in [0.3, 0.4) is 0 Å². The molecule has 0 radical (unpaired) electrons. The standard InChI is InChI=1S/C9H11ClN2O3/c10-8-3-6(1-2-11-8)9(15)12-4-7(14)5-13/h1-3,7,13-14H,4-5H2,(H,12,15). The van der Waals surface area contributed by atoms with Crippen LogP contribution in [0.5, 0.6) is 0 Å². The highest BCUT2D eigenvalue weighted by Gasteiger charge is 2.08. The summed E-state index contributed by atoms with van der Waals surface area (Å²) < 4.78 is 0. The fourth-order valence-electron chi connectivity index (χ4n) is 0.921. The van der Waals surface area contributed by atoms with Gasteiger partial charge in [0.05, 0.1) is 12.7 Å². The quantitative estimate of drug-likeness (QED) is 0.627. The van der Waals surface area contributed by atoms with Gasteiger partial charge < -0.3 is 15.5 Å². The largest absolute Gasteiger partial charge is 0.394 e. The van der Waals surface area contributed by atoms with Crippen molar-refractivity contribution in [2.75, 3.05) is 13.2 Å². The number of hydrogen-bond donors (Lipinski definition) is 3. The van der Waals surface area contributed by atoms with Gasteiger partial charge in [0.2, 0.25) is 0 Å². The van der Waals surface area contributed by atoms with Crippen molar-refractivity contribution in [3.63, 3.8) is 0 Å². The van der Waals surface area contributed by atoms with Crippen LogP contribution in [0.4, 0.5) is 0 Å². The Morgan fingerprint density at radius 2 is 2.40 bits per heavy atom. The Balaban J connectivity index is 2.54. The smallest absolute Gasteiger partial charge is 0.251 e. The second-order valence-corrected chi connectivity index (χ2v) is 3.30. The lowest BCUT2D eigenvalue weighted by Gasteiger charge is -2.08. The van der Waals surface area contributed by atoms with Crippen molar-refractivity contribution in [3.8, 4) is 0 Å². The van der Waals surface area contributed by atoms with Crippen molar-refractivity contribution in [3.05, 3.63) is 29.0 Å². The van der Waals surface area contributed by atoms with E-state index in [-0.39, 0.29) is 17.6 Å². The van der Waals surface area contributed by atoms with E-state index in [9.17, 15) is 4.79 Å². The Labute approximate surface area is 91.7 Å². The predicted molar refractivity (Wildman–Crippen MR) is 54.7 cm³/mol. The van der Waals surface area contributed by atoms with Crippen LogP contribution in [0.15, 0.2) is 18.3 Å². The maximum Gasteiger partial charge on any atom is 0.251 e. The summed E-state index contributed by atoms with van der Waals surface area (Å²) in [6.45, 7) is -0.396. The molecule has 0 fully saturated rings. The van der Waals surface area contributed by atoms with Crippen LogP contribution in [0.2, 0.25) is 5.15 Å². The lowest BCUT2D eigenvalue weighted by Crippen LogP contribution is -2.33. The van der Waals surface area contributed by atoms with E-state index in [0.717, 1.165) is 0 Å². The molecular weight excluding hydrogens is 220 g/mol. The number of hydrogen-bond acceptors (Lipinski definition) is 4. The van der Waals surface area contributed by atoms with Gasteiger partial charge in [-0.2, -0.15) is 0 Å². The zero-order valence-electron chi connectivity index (χ0n) is 7.85. The summed E-state index contributed by atoms with van der Waals surface area (Å²) >= 11 is 5.60. The first kappa shape index (κ1) is 11.9. The average Bonchev–Trinajstić information content (AvgIpc) is 2.25. The first-order valence-electron chi connectivity index (χ1n) is 4.32. The summed E-state index contributed by atoms with van der Waals surface area (Å²) in [7, 11) is 0. The van der Waals surface area contributed by atoms with Crippen LogP contribution < -0.4 is 5.32 Å². The second kappa shape index (κ2) is 5.65. The summed E-state index contributed by atoms with van der Waals surface area (Å²) in [4.78, 5) is 15.2. The summed E-state index contributed by atoms with van der Waals surface area (Å²) in [5.41, 5.74) is 0.361. The van der Waals surface area contributed by atoms with Gasteiger partial charge in [-0.15, -0.1) is 0 Å². The van der Waals surface area contributed by atoms with E-state index < -0.39 is 12.7 Å². The Kier molecular flexibility index (Phi) is 4.48. The third kappa shape index (κ3) is 3.83. The van der Waals surface area contributed by atoms with E-state index in [1.807, 2.05) is 0 Å². The van der Waals surface area contributed by atoms with E-state index in [2.05, 4.69) is 10.3 Å². The number of carbonyl (C=O) groups excluding carboxylic acids is 1. The molecule has 0 spiro atoms. The molecule has 1 amide bonds. The third-order valence-corrected chi connectivity index (χ3v) is 1.90. The minimum absolute atomic E-state index is 0.00469. The molecule has 0 saturated heterocycles. The third-order valence-electron chi connectivity index (χ3n) is 1.70. The normalized spacial score (nSPS) is 12.2. The molecule has 0 aliphatic rings. The van der Waals surface area contributed by atoms with E-state index in [1.54, 1.807) is 0 Å². The number of halogens is 1. The number of carbonyl (C=O) groups is 1. The average molecular weight is 231 g/mol. The highest BCUT2D eigenvalue weighted by molar-refractivity contribution is 6.29. The Morgan fingerprint density at radius 1 is 1.67 bits per heavy atom. The first-order valence-corrected chi connectivity index (χ1v) is 4.70. The highest BCUT2D eigenvalue weighted by atomic mass is 35.5. The number of pyridine rings is 1. The van der Waals surface area contributed by atoms with Gasteiger partial charge in [-0.05, 0) is 12.1 Å².